The number of nitrogens with zero attached hydrogens (tertiary/aromatic N) is 2. The minimum Gasteiger partial charge on any atom is -0.381 e. The molecule has 1 atom stereocenters. The highest BCUT2D eigenvalue weighted by Crippen LogP contribution is 2.22. The largest absolute Gasteiger partial charge is 0.381 e. The van der Waals surface area contributed by atoms with Crippen LogP contribution < -0.4 is 5.32 Å². The highest BCUT2D eigenvalue weighted by atomic mass is 19.1. The van der Waals surface area contributed by atoms with E-state index in [9.17, 15) is 14.5 Å². The molecule has 0 radical (unpaired) electrons. The summed E-state index contributed by atoms with van der Waals surface area (Å²) in [5, 5.41) is 13.7. The van der Waals surface area contributed by atoms with Gasteiger partial charge in [-0.25, -0.2) is 4.39 Å². The van der Waals surface area contributed by atoms with Crippen molar-refractivity contribution in [1.82, 2.24) is 4.90 Å². The first-order chi connectivity index (χ1) is 9.08. The summed E-state index contributed by atoms with van der Waals surface area (Å²) in [4.78, 5) is 12.4. The summed E-state index contributed by atoms with van der Waals surface area (Å²) in [6.07, 6.45) is 3.44. The standard InChI is InChI=1S/C13H18FN3O2/c1-16-7-3-2-4-11(16)9-15-13-8-10(17(18)19)5-6-12(13)14/h5-6,8,11,15H,2-4,7,9H2,1H3. The van der Waals surface area contributed by atoms with E-state index >= 15 is 0 Å². The van der Waals surface area contributed by atoms with Crippen LogP contribution in [0.1, 0.15) is 19.3 Å². The fraction of sp³-hybridized carbons (Fsp3) is 0.538. The summed E-state index contributed by atoms with van der Waals surface area (Å²) in [6.45, 7) is 1.65. The van der Waals surface area contributed by atoms with Crippen molar-refractivity contribution in [2.24, 2.45) is 0 Å². The molecule has 2 rings (SSSR count). The van der Waals surface area contributed by atoms with Crippen molar-refractivity contribution in [1.29, 1.82) is 0 Å². The van der Waals surface area contributed by atoms with Gasteiger partial charge < -0.3 is 10.2 Å². The molecule has 1 N–H and O–H groups in total. The van der Waals surface area contributed by atoms with Crippen LogP contribution in [0, 0.1) is 15.9 Å². The Morgan fingerprint density at radius 1 is 1.53 bits per heavy atom. The molecule has 1 aliphatic heterocycles. The van der Waals surface area contributed by atoms with Gasteiger partial charge in [-0.2, -0.15) is 0 Å². The highest BCUT2D eigenvalue weighted by Gasteiger charge is 2.19. The second kappa shape index (κ2) is 5.97. The topological polar surface area (TPSA) is 58.4 Å². The Kier molecular flexibility index (Phi) is 4.31. The van der Waals surface area contributed by atoms with Crippen molar-refractivity contribution in [3.63, 3.8) is 0 Å². The van der Waals surface area contributed by atoms with E-state index in [1.165, 1.54) is 25.0 Å². The molecule has 1 unspecified atom stereocenters. The van der Waals surface area contributed by atoms with E-state index in [-0.39, 0.29) is 11.4 Å². The first-order valence-electron chi connectivity index (χ1n) is 6.46. The maximum Gasteiger partial charge on any atom is 0.271 e. The van der Waals surface area contributed by atoms with E-state index < -0.39 is 10.7 Å². The van der Waals surface area contributed by atoms with E-state index in [1.807, 2.05) is 0 Å². The molecule has 6 heteroatoms. The number of nitro groups is 1. The van der Waals surface area contributed by atoms with Crippen molar-refractivity contribution < 1.29 is 9.31 Å². The molecule has 104 valence electrons. The van der Waals surface area contributed by atoms with Crippen molar-refractivity contribution >= 4 is 11.4 Å². The molecule has 0 bridgehead atoms. The number of halogens is 1. The predicted molar refractivity (Wildman–Crippen MR) is 71.8 cm³/mol. The maximum absolute atomic E-state index is 13.6. The number of nitro benzene ring substituents is 1. The summed E-state index contributed by atoms with van der Waals surface area (Å²) < 4.78 is 13.6. The number of likely N-dealkylation sites (tertiary alicyclic amines) is 1. The van der Waals surface area contributed by atoms with E-state index in [4.69, 9.17) is 0 Å². The van der Waals surface area contributed by atoms with Crippen molar-refractivity contribution in [3.8, 4) is 0 Å². The third-order valence-corrected chi connectivity index (χ3v) is 3.61. The van der Waals surface area contributed by atoms with Gasteiger partial charge in [0.1, 0.15) is 5.82 Å². The van der Waals surface area contributed by atoms with E-state index in [0.717, 1.165) is 19.0 Å². The molecule has 1 heterocycles. The predicted octanol–water partition coefficient (Wildman–Crippen LogP) is 2.63. The Hall–Kier alpha value is -1.69. The minimum absolute atomic E-state index is 0.0964. The summed E-state index contributed by atoms with van der Waals surface area (Å²) >= 11 is 0. The quantitative estimate of drug-likeness (QED) is 0.673. The van der Waals surface area contributed by atoms with Crippen LogP contribution in [-0.4, -0.2) is 36.0 Å². The SMILES string of the molecule is CN1CCCCC1CNc1cc([N+](=O)[O-])ccc1F. The molecule has 0 saturated carbocycles. The zero-order chi connectivity index (χ0) is 13.8. The Labute approximate surface area is 111 Å². The minimum atomic E-state index is -0.517. The van der Waals surface area contributed by atoms with Crippen LogP contribution in [0.15, 0.2) is 18.2 Å². The number of rotatable bonds is 4. The van der Waals surface area contributed by atoms with Crippen LogP contribution in [-0.2, 0) is 0 Å². The number of benzene rings is 1. The fourth-order valence-electron chi connectivity index (χ4n) is 2.39. The van der Waals surface area contributed by atoms with Gasteiger partial charge in [0.25, 0.3) is 5.69 Å². The van der Waals surface area contributed by atoms with Crippen LogP contribution in [0.4, 0.5) is 15.8 Å². The van der Waals surface area contributed by atoms with Gasteiger partial charge in [0.05, 0.1) is 10.6 Å². The molecule has 1 fully saturated rings. The van der Waals surface area contributed by atoms with Crippen molar-refractivity contribution in [3.05, 3.63) is 34.1 Å². The molecule has 1 aliphatic rings. The molecule has 1 aromatic rings. The average Bonchev–Trinajstić information content (AvgIpc) is 2.39. The zero-order valence-electron chi connectivity index (χ0n) is 10.9. The number of likely N-dealkylation sites (N-methyl/N-ethyl adjacent to an activating group) is 1. The lowest BCUT2D eigenvalue weighted by Crippen LogP contribution is -2.40. The van der Waals surface area contributed by atoms with Crippen molar-refractivity contribution in [2.45, 2.75) is 25.3 Å². The molecule has 1 saturated heterocycles. The van der Waals surface area contributed by atoms with Gasteiger partial charge >= 0.3 is 0 Å². The molecule has 19 heavy (non-hydrogen) atoms. The smallest absolute Gasteiger partial charge is 0.271 e. The molecule has 5 nitrogen and oxygen atoms in total. The van der Waals surface area contributed by atoms with Gasteiger partial charge in [-0.15, -0.1) is 0 Å². The molecular weight excluding hydrogens is 249 g/mol. The van der Waals surface area contributed by atoms with Crippen LogP contribution in [0.5, 0.6) is 0 Å². The first-order valence-corrected chi connectivity index (χ1v) is 6.46. The van der Waals surface area contributed by atoms with Crippen LogP contribution >= 0.6 is 0 Å². The Bertz CT molecular complexity index is 467. The Morgan fingerprint density at radius 3 is 3.00 bits per heavy atom. The lowest BCUT2D eigenvalue weighted by atomic mass is 10.0. The van der Waals surface area contributed by atoms with Gasteiger partial charge in [-0.1, -0.05) is 6.42 Å². The lowest BCUT2D eigenvalue weighted by molar-refractivity contribution is -0.384. The van der Waals surface area contributed by atoms with E-state index in [1.54, 1.807) is 0 Å². The third kappa shape index (κ3) is 3.41. The molecule has 0 amide bonds. The number of anilines is 1. The lowest BCUT2D eigenvalue weighted by Gasteiger charge is -2.32. The van der Waals surface area contributed by atoms with Crippen LogP contribution in [0.25, 0.3) is 0 Å². The summed E-state index contributed by atoms with van der Waals surface area (Å²) in [5.41, 5.74) is 0.106. The summed E-state index contributed by atoms with van der Waals surface area (Å²) in [6, 6.07) is 3.91. The van der Waals surface area contributed by atoms with Gasteiger partial charge in [0.2, 0.25) is 0 Å². The molecular formula is C13H18FN3O2. The number of piperidine rings is 1. The monoisotopic (exact) mass is 267 g/mol. The Morgan fingerprint density at radius 2 is 2.32 bits per heavy atom. The van der Waals surface area contributed by atoms with Gasteiger partial charge in [-0.3, -0.25) is 10.1 Å². The second-order valence-corrected chi connectivity index (χ2v) is 4.93. The summed E-state index contributed by atoms with van der Waals surface area (Å²) in [7, 11) is 2.05. The van der Waals surface area contributed by atoms with Crippen LogP contribution in [0.2, 0.25) is 0 Å². The van der Waals surface area contributed by atoms with Gasteiger partial charge in [0.15, 0.2) is 0 Å². The number of hydrogen-bond donors (Lipinski definition) is 1. The van der Waals surface area contributed by atoms with Crippen LogP contribution in [0.3, 0.4) is 0 Å². The highest BCUT2D eigenvalue weighted by molar-refractivity contribution is 5.52. The second-order valence-electron chi connectivity index (χ2n) is 4.93. The maximum atomic E-state index is 13.6. The van der Waals surface area contributed by atoms with E-state index in [0.29, 0.717) is 12.6 Å². The summed E-state index contributed by atoms with van der Waals surface area (Å²) in [5.74, 6) is -0.455. The average molecular weight is 267 g/mol. The number of hydrogen-bond acceptors (Lipinski definition) is 4. The molecule has 0 aromatic heterocycles. The number of non-ortho nitro benzene ring substituents is 1. The fourth-order valence-corrected chi connectivity index (χ4v) is 2.39. The molecule has 0 spiro atoms. The third-order valence-electron chi connectivity index (χ3n) is 3.61. The van der Waals surface area contributed by atoms with Crippen molar-refractivity contribution in [2.75, 3.05) is 25.5 Å². The normalized spacial score (nSPS) is 20.2. The zero-order valence-corrected chi connectivity index (χ0v) is 10.9. The molecule has 0 aliphatic carbocycles. The Balaban J connectivity index is 2.02. The van der Waals surface area contributed by atoms with E-state index in [2.05, 4.69) is 17.3 Å². The van der Waals surface area contributed by atoms with Gasteiger partial charge in [-0.05, 0) is 32.5 Å². The molecule has 1 aromatic carbocycles. The van der Waals surface area contributed by atoms with Gasteiger partial charge in [0, 0.05) is 24.7 Å². The first kappa shape index (κ1) is 13.7. The number of nitrogens with one attached hydrogen (secondary N) is 1.